The normalized spacial score (nSPS) is 10.1. The number of carbonyl (C=O) groups is 2. The topological polar surface area (TPSA) is 102 Å². The smallest absolute Gasteiger partial charge is 0.337 e. The van der Waals surface area contributed by atoms with E-state index in [-0.39, 0.29) is 5.69 Å². The highest BCUT2D eigenvalue weighted by Gasteiger charge is 2.11. The zero-order valence-electron chi connectivity index (χ0n) is 15.3. The van der Waals surface area contributed by atoms with E-state index in [9.17, 15) is 9.59 Å². The number of rotatable bonds is 6. The van der Waals surface area contributed by atoms with Crippen molar-refractivity contribution in [1.29, 1.82) is 0 Å². The van der Waals surface area contributed by atoms with Crippen LogP contribution in [0.15, 0.2) is 60.9 Å². The van der Waals surface area contributed by atoms with E-state index in [0.29, 0.717) is 17.1 Å². The minimum Gasteiger partial charge on any atom is -0.497 e. The Morgan fingerprint density at radius 1 is 0.893 bits per heavy atom. The standard InChI is InChI=1S/C20H18N4O4/c1-27-16-9-7-14(8-10-16)23-18-11-17(21-12-22-18)19(25)24-15-5-3-13(4-6-15)20(26)28-2/h3-12H,1-2H3,(H,24,25)(H,21,22,23). The summed E-state index contributed by atoms with van der Waals surface area (Å²) >= 11 is 0. The van der Waals surface area contributed by atoms with E-state index in [1.54, 1.807) is 37.4 Å². The molecule has 1 heterocycles. The van der Waals surface area contributed by atoms with Crippen molar-refractivity contribution in [2.75, 3.05) is 24.9 Å². The van der Waals surface area contributed by atoms with Crippen LogP contribution >= 0.6 is 0 Å². The second kappa shape index (κ2) is 8.63. The molecule has 0 aliphatic heterocycles. The number of aromatic nitrogens is 2. The summed E-state index contributed by atoms with van der Waals surface area (Å²) in [7, 11) is 2.91. The molecule has 8 heteroatoms. The van der Waals surface area contributed by atoms with Gasteiger partial charge in [-0.05, 0) is 48.5 Å². The highest BCUT2D eigenvalue weighted by atomic mass is 16.5. The second-order valence-electron chi connectivity index (χ2n) is 5.67. The van der Waals surface area contributed by atoms with Gasteiger partial charge in [0.25, 0.3) is 5.91 Å². The maximum absolute atomic E-state index is 12.4. The van der Waals surface area contributed by atoms with Crippen molar-refractivity contribution in [3.8, 4) is 5.75 Å². The van der Waals surface area contributed by atoms with E-state index in [2.05, 4.69) is 25.3 Å². The molecule has 142 valence electrons. The lowest BCUT2D eigenvalue weighted by molar-refractivity contribution is 0.0600. The number of methoxy groups -OCH3 is 2. The van der Waals surface area contributed by atoms with E-state index in [1.165, 1.54) is 13.4 Å². The lowest BCUT2D eigenvalue weighted by Crippen LogP contribution is -2.14. The molecular weight excluding hydrogens is 360 g/mol. The number of hydrogen-bond donors (Lipinski definition) is 2. The summed E-state index contributed by atoms with van der Waals surface area (Å²) in [5, 5.41) is 5.83. The molecule has 0 fully saturated rings. The number of anilines is 3. The van der Waals surface area contributed by atoms with Crippen molar-refractivity contribution >= 4 is 29.1 Å². The lowest BCUT2D eigenvalue weighted by atomic mass is 10.2. The third-order valence-corrected chi connectivity index (χ3v) is 3.83. The summed E-state index contributed by atoms with van der Waals surface area (Å²) in [6, 6.07) is 15.2. The number of carbonyl (C=O) groups excluding carboxylic acids is 2. The van der Waals surface area contributed by atoms with E-state index < -0.39 is 11.9 Å². The predicted molar refractivity (Wildman–Crippen MR) is 104 cm³/mol. The number of ether oxygens (including phenoxy) is 2. The van der Waals surface area contributed by atoms with E-state index in [1.807, 2.05) is 24.3 Å². The first-order chi connectivity index (χ1) is 13.6. The maximum atomic E-state index is 12.4. The summed E-state index contributed by atoms with van der Waals surface area (Å²) in [4.78, 5) is 32.0. The van der Waals surface area contributed by atoms with Crippen molar-refractivity contribution in [3.63, 3.8) is 0 Å². The molecule has 0 saturated heterocycles. The largest absolute Gasteiger partial charge is 0.497 e. The van der Waals surface area contributed by atoms with Gasteiger partial charge >= 0.3 is 5.97 Å². The number of hydrogen-bond acceptors (Lipinski definition) is 7. The molecule has 1 aromatic heterocycles. The first kappa shape index (κ1) is 18.8. The minimum atomic E-state index is -0.442. The summed E-state index contributed by atoms with van der Waals surface area (Å²) in [5.41, 5.74) is 1.92. The molecule has 0 unspecified atom stereocenters. The van der Waals surface area contributed by atoms with Crippen LogP contribution in [0.4, 0.5) is 17.2 Å². The van der Waals surface area contributed by atoms with Crippen LogP contribution in [0, 0.1) is 0 Å². The van der Waals surface area contributed by atoms with Gasteiger partial charge in [0, 0.05) is 17.4 Å². The van der Waals surface area contributed by atoms with E-state index in [0.717, 1.165) is 11.4 Å². The Bertz CT molecular complexity index is 972. The van der Waals surface area contributed by atoms with Gasteiger partial charge in [-0.15, -0.1) is 0 Å². The molecule has 2 N–H and O–H groups in total. The molecule has 0 radical (unpaired) electrons. The predicted octanol–water partition coefficient (Wildman–Crippen LogP) is 3.27. The Hall–Kier alpha value is -3.94. The van der Waals surface area contributed by atoms with Gasteiger partial charge in [-0.3, -0.25) is 4.79 Å². The Morgan fingerprint density at radius 2 is 1.57 bits per heavy atom. The van der Waals surface area contributed by atoms with Gasteiger partial charge in [0.1, 0.15) is 23.6 Å². The Balaban J connectivity index is 1.68. The number of nitrogens with one attached hydrogen (secondary N) is 2. The maximum Gasteiger partial charge on any atom is 0.337 e. The average Bonchev–Trinajstić information content (AvgIpc) is 2.74. The van der Waals surface area contributed by atoms with Crippen molar-refractivity contribution < 1.29 is 19.1 Å². The van der Waals surface area contributed by atoms with Gasteiger partial charge in [0.05, 0.1) is 19.8 Å². The molecule has 2 aromatic carbocycles. The molecule has 0 saturated carbocycles. The summed E-state index contributed by atoms with van der Waals surface area (Å²) in [6.07, 6.45) is 1.31. The first-order valence-electron chi connectivity index (χ1n) is 8.32. The van der Waals surface area contributed by atoms with Crippen LogP contribution in [-0.2, 0) is 4.74 Å². The zero-order chi connectivity index (χ0) is 19.9. The van der Waals surface area contributed by atoms with Crippen LogP contribution in [0.3, 0.4) is 0 Å². The molecule has 0 atom stereocenters. The van der Waals surface area contributed by atoms with Gasteiger partial charge in [-0.25, -0.2) is 14.8 Å². The number of nitrogens with zero attached hydrogens (tertiary/aromatic N) is 2. The van der Waals surface area contributed by atoms with Gasteiger partial charge in [-0.2, -0.15) is 0 Å². The fourth-order valence-corrected chi connectivity index (χ4v) is 2.37. The molecule has 0 aliphatic rings. The van der Waals surface area contributed by atoms with Crippen LogP contribution in [0.25, 0.3) is 0 Å². The van der Waals surface area contributed by atoms with Crippen molar-refractivity contribution in [3.05, 3.63) is 72.2 Å². The zero-order valence-corrected chi connectivity index (χ0v) is 15.3. The summed E-state index contributed by atoms with van der Waals surface area (Å²) in [6.45, 7) is 0. The lowest BCUT2D eigenvalue weighted by Gasteiger charge is -2.08. The molecule has 0 aliphatic carbocycles. The fraction of sp³-hybridized carbons (Fsp3) is 0.100. The molecule has 0 bridgehead atoms. The van der Waals surface area contributed by atoms with Crippen LogP contribution in [-0.4, -0.2) is 36.1 Å². The highest BCUT2D eigenvalue weighted by Crippen LogP contribution is 2.19. The van der Waals surface area contributed by atoms with E-state index in [4.69, 9.17) is 4.74 Å². The Labute approximate surface area is 161 Å². The van der Waals surface area contributed by atoms with Gasteiger partial charge in [0.2, 0.25) is 0 Å². The molecule has 3 rings (SSSR count). The van der Waals surface area contributed by atoms with Crippen molar-refractivity contribution in [2.45, 2.75) is 0 Å². The molecule has 28 heavy (non-hydrogen) atoms. The van der Waals surface area contributed by atoms with Crippen LogP contribution < -0.4 is 15.4 Å². The monoisotopic (exact) mass is 378 g/mol. The quantitative estimate of drug-likeness (QED) is 0.635. The third kappa shape index (κ3) is 4.61. The van der Waals surface area contributed by atoms with Crippen molar-refractivity contribution in [2.24, 2.45) is 0 Å². The first-order valence-corrected chi connectivity index (χ1v) is 8.32. The molecule has 8 nitrogen and oxygen atoms in total. The van der Waals surface area contributed by atoms with Crippen LogP contribution in [0.1, 0.15) is 20.8 Å². The van der Waals surface area contributed by atoms with Crippen LogP contribution in [0.5, 0.6) is 5.75 Å². The molecular formula is C20H18N4O4. The second-order valence-corrected chi connectivity index (χ2v) is 5.67. The molecule has 0 spiro atoms. The van der Waals surface area contributed by atoms with Gasteiger partial charge < -0.3 is 20.1 Å². The summed E-state index contributed by atoms with van der Waals surface area (Å²) in [5.74, 6) is 0.381. The van der Waals surface area contributed by atoms with E-state index >= 15 is 0 Å². The molecule has 1 amide bonds. The number of esters is 1. The Morgan fingerprint density at radius 3 is 2.21 bits per heavy atom. The van der Waals surface area contributed by atoms with Gasteiger partial charge in [-0.1, -0.05) is 0 Å². The van der Waals surface area contributed by atoms with Crippen LogP contribution in [0.2, 0.25) is 0 Å². The minimum absolute atomic E-state index is 0.197. The highest BCUT2D eigenvalue weighted by molar-refractivity contribution is 6.03. The Kier molecular flexibility index (Phi) is 5.81. The SMILES string of the molecule is COC(=O)c1ccc(NC(=O)c2cc(Nc3ccc(OC)cc3)ncn2)cc1. The fourth-order valence-electron chi connectivity index (χ4n) is 2.37. The third-order valence-electron chi connectivity index (χ3n) is 3.83. The van der Waals surface area contributed by atoms with Gasteiger partial charge in [0.15, 0.2) is 0 Å². The summed E-state index contributed by atoms with van der Waals surface area (Å²) < 4.78 is 9.77. The average molecular weight is 378 g/mol. The molecule has 3 aromatic rings. The number of amides is 1. The number of benzene rings is 2. The van der Waals surface area contributed by atoms with Crippen molar-refractivity contribution in [1.82, 2.24) is 9.97 Å².